The maximum atomic E-state index is 12.7. The molecule has 1 heterocycles. The van der Waals surface area contributed by atoms with Crippen LogP contribution in [0.5, 0.6) is 0 Å². The van der Waals surface area contributed by atoms with E-state index in [0.29, 0.717) is 73.2 Å². The summed E-state index contributed by atoms with van der Waals surface area (Å²) >= 11 is 0. The number of carbonyl (C=O) groups excluding carboxylic acids is 2. The summed E-state index contributed by atoms with van der Waals surface area (Å²) < 4.78 is 5.51. The SMILES string of the molecule is Cc1ccc(N=C(CCc2noc3c2C(=O)CC(C)(C)C3)C2=C(O)CCCC2=O)cc1. The van der Waals surface area contributed by atoms with E-state index in [1.54, 1.807) is 0 Å². The summed E-state index contributed by atoms with van der Waals surface area (Å²) in [4.78, 5) is 30.1. The molecule has 162 valence electrons. The molecule has 6 heteroatoms. The number of nitrogens with zero attached hydrogens (tertiary/aromatic N) is 2. The van der Waals surface area contributed by atoms with Gasteiger partial charge in [0.2, 0.25) is 0 Å². The minimum atomic E-state index is -0.135. The molecule has 0 amide bonds. The molecule has 0 saturated heterocycles. The Labute approximate surface area is 182 Å². The van der Waals surface area contributed by atoms with Crippen molar-refractivity contribution in [3.63, 3.8) is 0 Å². The van der Waals surface area contributed by atoms with E-state index < -0.39 is 0 Å². The van der Waals surface area contributed by atoms with Gasteiger partial charge in [-0.1, -0.05) is 36.7 Å². The fraction of sp³-hybridized carbons (Fsp3) is 0.440. The van der Waals surface area contributed by atoms with Crippen LogP contribution in [-0.4, -0.2) is 27.5 Å². The molecule has 31 heavy (non-hydrogen) atoms. The van der Waals surface area contributed by atoms with Gasteiger partial charge in [-0.05, 0) is 43.7 Å². The molecule has 0 atom stereocenters. The highest BCUT2D eigenvalue weighted by Gasteiger charge is 2.36. The Morgan fingerprint density at radius 3 is 2.58 bits per heavy atom. The number of aliphatic hydroxyl groups excluding tert-OH is 1. The van der Waals surface area contributed by atoms with Crippen molar-refractivity contribution in [3.05, 3.63) is 58.2 Å². The van der Waals surface area contributed by atoms with Gasteiger partial charge in [-0.3, -0.25) is 14.6 Å². The zero-order chi connectivity index (χ0) is 22.2. The van der Waals surface area contributed by atoms with E-state index in [-0.39, 0.29) is 22.7 Å². The van der Waals surface area contributed by atoms with Gasteiger partial charge in [0, 0.05) is 25.7 Å². The van der Waals surface area contributed by atoms with E-state index >= 15 is 0 Å². The van der Waals surface area contributed by atoms with Crippen molar-refractivity contribution in [2.24, 2.45) is 10.4 Å². The number of rotatable bonds is 5. The Morgan fingerprint density at radius 2 is 1.87 bits per heavy atom. The van der Waals surface area contributed by atoms with Gasteiger partial charge in [0.25, 0.3) is 0 Å². The molecular weight excluding hydrogens is 392 g/mol. The number of Topliss-reactive ketones (excluding diaryl/α,β-unsaturated/α-hetero) is 2. The number of hydrogen-bond acceptors (Lipinski definition) is 6. The summed E-state index contributed by atoms with van der Waals surface area (Å²) in [7, 11) is 0. The quantitative estimate of drug-likeness (QED) is 0.653. The number of fused-ring (bicyclic) bond motifs is 1. The molecule has 2 aliphatic carbocycles. The van der Waals surface area contributed by atoms with E-state index in [2.05, 4.69) is 5.16 Å². The molecular formula is C25H28N2O4. The van der Waals surface area contributed by atoms with Crippen LogP contribution in [0.3, 0.4) is 0 Å². The van der Waals surface area contributed by atoms with Crippen LogP contribution in [-0.2, 0) is 17.6 Å². The van der Waals surface area contributed by atoms with Crippen LogP contribution in [0.15, 0.2) is 45.1 Å². The van der Waals surface area contributed by atoms with Crippen LogP contribution in [0, 0.1) is 12.3 Å². The molecule has 0 radical (unpaired) electrons. The van der Waals surface area contributed by atoms with Crippen LogP contribution in [0.4, 0.5) is 5.69 Å². The van der Waals surface area contributed by atoms with Gasteiger partial charge in [-0.2, -0.15) is 0 Å². The van der Waals surface area contributed by atoms with Crippen molar-refractivity contribution in [2.45, 2.75) is 65.7 Å². The second-order valence-corrected chi connectivity index (χ2v) is 9.36. The van der Waals surface area contributed by atoms with Crippen molar-refractivity contribution in [1.29, 1.82) is 0 Å². The van der Waals surface area contributed by atoms with Crippen LogP contribution in [0.1, 0.15) is 73.3 Å². The fourth-order valence-electron chi connectivity index (χ4n) is 4.39. The highest BCUT2D eigenvalue weighted by Crippen LogP contribution is 2.36. The Hall–Kier alpha value is -3.02. The first kappa shape index (κ1) is 21.2. The van der Waals surface area contributed by atoms with Gasteiger partial charge in [-0.25, -0.2) is 0 Å². The number of ketones is 2. The molecule has 2 aliphatic rings. The number of benzene rings is 1. The van der Waals surface area contributed by atoms with Crippen molar-refractivity contribution in [2.75, 3.05) is 0 Å². The van der Waals surface area contributed by atoms with Crippen molar-refractivity contribution < 1.29 is 19.2 Å². The van der Waals surface area contributed by atoms with Crippen LogP contribution in [0.25, 0.3) is 0 Å². The van der Waals surface area contributed by atoms with Gasteiger partial charge in [0.05, 0.1) is 28.2 Å². The molecule has 1 N–H and O–H groups in total. The average molecular weight is 421 g/mol. The number of carbonyl (C=O) groups is 2. The summed E-state index contributed by atoms with van der Waals surface area (Å²) in [6.45, 7) is 6.10. The normalized spacial score (nSPS) is 19.0. The van der Waals surface area contributed by atoms with E-state index in [0.717, 1.165) is 11.3 Å². The lowest BCUT2D eigenvalue weighted by atomic mass is 9.76. The van der Waals surface area contributed by atoms with Crippen LogP contribution in [0.2, 0.25) is 0 Å². The minimum Gasteiger partial charge on any atom is -0.511 e. The molecule has 0 unspecified atom stereocenters. The van der Waals surface area contributed by atoms with Gasteiger partial charge in [0.15, 0.2) is 11.6 Å². The second kappa shape index (κ2) is 8.25. The Balaban J connectivity index is 1.65. The average Bonchev–Trinajstić information content (AvgIpc) is 3.09. The third-order valence-corrected chi connectivity index (χ3v) is 5.96. The zero-order valence-corrected chi connectivity index (χ0v) is 18.3. The summed E-state index contributed by atoms with van der Waals surface area (Å²) in [5.74, 6) is 0.705. The Kier molecular flexibility index (Phi) is 5.65. The smallest absolute Gasteiger partial charge is 0.168 e. The van der Waals surface area contributed by atoms with Crippen molar-refractivity contribution >= 4 is 23.0 Å². The standard InChI is InChI=1S/C25H28N2O4/c1-15-7-9-16(10-8-15)26-17(23-19(28)5-4-6-20(23)29)11-12-18-24-21(30)13-25(2,3)14-22(24)31-27-18/h7-10,28H,4-6,11-14H2,1-3H3. The highest BCUT2D eigenvalue weighted by molar-refractivity contribution is 6.23. The number of aliphatic hydroxyl groups is 1. The predicted octanol–water partition coefficient (Wildman–Crippen LogP) is 5.41. The third-order valence-electron chi connectivity index (χ3n) is 5.96. The van der Waals surface area contributed by atoms with Gasteiger partial charge >= 0.3 is 0 Å². The number of aromatic nitrogens is 1. The Bertz CT molecular complexity index is 1090. The zero-order valence-electron chi connectivity index (χ0n) is 18.3. The number of hydrogen-bond donors (Lipinski definition) is 1. The Morgan fingerprint density at radius 1 is 1.13 bits per heavy atom. The second-order valence-electron chi connectivity index (χ2n) is 9.36. The first-order chi connectivity index (χ1) is 14.7. The molecule has 0 aliphatic heterocycles. The minimum absolute atomic E-state index is 0.0512. The maximum Gasteiger partial charge on any atom is 0.168 e. The molecule has 4 rings (SSSR count). The highest BCUT2D eigenvalue weighted by atomic mass is 16.5. The van der Waals surface area contributed by atoms with Crippen molar-refractivity contribution in [3.8, 4) is 0 Å². The summed E-state index contributed by atoms with van der Waals surface area (Å²) in [5, 5.41) is 14.6. The molecule has 6 nitrogen and oxygen atoms in total. The first-order valence-corrected chi connectivity index (χ1v) is 10.8. The van der Waals surface area contributed by atoms with Crippen LogP contribution >= 0.6 is 0 Å². The maximum absolute atomic E-state index is 12.7. The van der Waals surface area contributed by atoms with E-state index in [4.69, 9.17) is 9.52 Å². The lowest BCUT2D eigenvalue weighted by molar-refractivity contribution is -0.115. The molecule has 1 aromatic heterocycles. The molecule has 0 saturated carbocycles. The largest absolute Gasteiger partial charge is 0.511 e. The van der Waals surface area contributed by atoms with Gasteiger partial charge in [-0.15, -0.1) is 0 Å². The molecule has 0 fully saturated rings. The third kappa shape index (κ3) is 4.53. The number of aryl methyl sites for hydroxylation is 2. The molecule has 0 spiro atoms. The van der Waals surface area contributed by atoms with Gasteiger partial charge < -0.3 is 9.63 Å². The molecule has 0 bridgehead atoms. The lowest BCUT2D eigenvalue weighted by Crippen LogP contribution is -2.26. The fourth-order valence-corrected chi connectivity index (χ4v) is 4.39. The summed E-state index contributed by atoms with van der Waals surface area (Å²) in [5.41, 5.74) is 3.75. The predicted molar refractivity (Wildman–Crippen MR) is 118 cm³/mol. The number of aliphatic imine (C=N–C) groups is 1. The summed E-state index contributed by atoms with van der Waals surface area (Å²) in [6.07, 6.45) is 3.46. The lowest BCUT2D eigenvalue weighted by Gasteiger charge is -2.26. The summed E-state index contributed by atoms with van der Waals surface area (Å²) in [6, 6.07) is 7.71. The van der Waals surface area contributed by atoms with Crippen LogP contribution < -0.4 is 0 Å². The van der Waals surface area contributed by atoms with Crippen molar-refractivity contribution in [1.82, 2.24) is 5.16 Å². The molecule has 1 aromatic carbocycles. The first-order valence-electron chi connectivity index (χ1n) is 10.8. The van der Waals surface area contributed by atoms with E-state index in [1.807, 2.05) is 45.0 Å². The van der Waals surface area contributed by atoms with Gasteiger partial charge in [0.1, 0.15) is 11.5 Å². The number of allylic oxidation sites excluding steroid dienone is 2. The van der Waals surface area contributed by atoms with E-state index in [1.165, 1.54) is 0 Å². The monoisotopic (exact) mass is 420 g/mol. The van der Waals surface area contributed by atoms with E-state index in [9.17, 15) is 14.7 Å². The molecule has 2 aromatic rings. The topological polar surface area (TPSA) is 92.8 Å².